The minimum atomic E-state index is -3.89. The number of carbonyl (C=O) groups is 1. The average Bonchev–Trinajstić information content (AvgIpc) is 2.69. The second-order valence-corrected chi connectivity index (χ2v) is 7.93. The maximum atomic E-state index is 14.0. The molecule has 0 atom stereocenters. The van der Waals surface area contributed by atoms with Crippen molar-refractivity contribution in [3.05, 3.63) is 53.8 Å². The number of nitrogens with one attached hydrogen (secondary N) is 1. The van der Waals surface area contributed by atoms with Crippen LogP contribution in [0.3, 0.4) is 0 Å². The van der Waals surface area contributed by atoms with Crippen molar-refractivity contribution >= 4 is 27.3 Å². The predicted octanol–water partition coefficient (Wildman–Crippen LogP) is 2.15. The minimum absolute atomic E-state index is 0.217. The lowest BCUT2D eigenvalue weighted by molar-refractivity contribution is -0.119. The second-order valence-electron chi connectivity index (χ2n) is 6.02. The number of methoxy groups -OCH3 is 2. The van der Waals surface area contributed by atoms with Crippen LogP contribution in [-0.2, 0) is 14.8 Å². The number of nitrogens with zero attached hydrogens (tertiary/aromatic N) is 2. The monoisotopic (exact) mass is 423 g/mol. The van der Waals surface area contributed by atoms with Gasteiger partial charge in [0.2, 0.25) is 10.0 Å². The average molecular weight is 423 g/mol. The Morgan fingerprint density at radius 3 is 2.38 bits per heavy atom. The van der Waals surface area contributed by atoms with E-state index < -0.39 is 28.3 Å². The Morgan fingerprint density at radius 1 is 1.14 bits per heavy atom. The zero-order valence-electron chi connectivity index (χ0n) is 16.5. The molecule has 1 amide bonds. The van der Waals surface area contributed by atoms with E-state index in [2.05, 4.69) is 10.5 Å². The highest BCUT2D eigenvalue weighted by atomic mass is 32.2. The molecule has 0 bridgehead atoms. The van der Waals surface area contributed by atoms with E-state index in [9.17, 15) is 17.6 Å². The van der Waals surface area contributed by atoms with E-state index in [4.69, 9.17) is 9.47 Å². The highest BCUT2D eigenvalue weighted by Gasteiger charge is 2.23. The number of hydrogen-bond donors (Lipinski definition) is 1. The van der Waals surface area contributed by atoms with Gasteiger partial charge in [0.25, 0.3) is 5.91 Å². The summed E-state index contributed by atoms with van der Waals surface area (Å²) in [6.07, 6.45) is 0.894. The second kappa shape index (κ2) is 9.37. The van der Waals surface area contributed by atoms with Gasteiger partial charge < -0.3 is 9.47 Å². The van der Waals surface area contributed by atoms with Crippen LogP contribution < -0.4 is 19.2 Å². The van der Waals surface area contributed by atoms with Crippen molar-refractivity contribution in [1.29, 1.82) is 0 Å². The number of para-hydroxylation sites is 1. The first-order valence-corrected chi connectivity index (χ1v) is 10.3. The number of ether oxygens (including phenoxy) is 2. The van der Waals surface area contributed by atoms with E-state index in [1.807, 2.05) is 0 Å². The molecule has 2 aromatic carbocycles. The van der Waals surface area contributed by atoms with E-state index in [0.29, 0.717) is 27.1 Å². The maximum absolute atomic E-state index is 14.0. The quantitative estimate of drug-likeness (QED) is 0.518. The largest absolute Gasteiger partial charge is 0.493 e. The summed E-state index contributed by atoms with van der Waals surface area (Å²) >= 11 is 0. The van der Waals surface area contributed by atoms with Gasteiger partial charge in [0, 0.05) is 5.56 Å². The van der Waals surface area contributed by atoms with Gasteiger partial charge in [-0.1, -0.05) is 12.1 Å². The SMILES string of the molecule is COc1ccc(/C(C)=N\NC(=O)CN(c2ccccc2F)S(C)(=O)=O)cc1OC. The first-order valence-electron chi connectivity index (χ1n) is 8.45. The minimum Gasteiger partial charge on any atom is -0.493 e. The van der Waals surface area contributed by atoms with E-state index in [-0.39, 0.29) is 5.69 Å². The summed E-state index contributed by atoms with van der Waals surface area (Å²) in [5.41, 5.74) is 3.19. The Bertz CT molecular complexity index is 1020. The fraction of sp³-hybridized carbons (Fsp3) is 0.263. The molecule has 1 N–H and O–H groups in total. The van der Waals surface area contributed by atoms with Crippen LogP contribution in [-0.4, -0.2) is 47.1 Å². The van der Waals surface area contributed by atoms with Gasteiger partial charge in [0.05, 0.1) is 31.9 Å². The molecule has 0 spiro atoms. The Labute approximate surface area is 169 Å². The number of amides is 1. The van der Waals surface area contributed by atoms with Gasteiger partial charge in [0.15, 0.2) is 11.5 Å². The number of carbonyl (C=O) groups excluding carboxylic acids is 1. The van der Waals surface area contributed by atoms with Crippen LogP contribution in [0.1, 0.15) is 12.5 Å². The van der Waals surface area contributed by atoms with Crippen LogP contribution in [0.15, 0.2) is 47.6 Å². The molecule has 0 aliphatic rings. The van der Waals surface area contributed by atoms with E-state index in [1.165, 1.54) is 32.4 Å². The number of anilines is 1. The zero-order valence-corrected chi connectivity index (χ0v) is 17.3. The standard InChI is InChI=1S/C19H22FN3O5S/c1-13(14-9-10-17(27-2)18(11-14)28-3)21-22-19(24)12-23(29(4,25)26)16-8-6-5-7-15(16)20/h5-11H,12H2,1-4H3,(H,22,24)/b21-13-. The number of hydrazone groups is 1. The van der Waals surface area contributed by atoms with Crippen molar-refractivity contribution in [3.8, 4) is 11.5 Å². The Morgan fingerprint density at radius 2 is 1.79 bits per heavy atom. The smallest absolute Gasteiger partial charge is 0.260 e. The van der Waals surface area contributed by atoms with Crippen molar-refractivity contribution in [2.45, 2.75) is 6.92 Å². The summed E-state index contributed by atoms with van der Waals surface area (Å²) in [5, 5.41) is 3.98. The lowest BCUT2D eigenvalue weighted by atomic mass is 10.1. The van der Waals surface area contributed by atoms with Crippen molar-refractivity contribution in [1.82, 2.24) is 5.43 Å². The number of halogens is 1. The predicted molar refractivity (Wildman–Crippen MR) is 108 cm³/mol. The zero-order chi connectivity index (χ0) is 21.6. The summed E-state index contributed by atoms with van der Waals surface area (Å²) in [6, 6.07) is 10.4. The van der Waals surface area contributed by atoms with Crippen LogP contribution in [0.4, 0.5) is 10.1 Å². The molecule has 0 saturated heterocycles. The molecular formula is C19H22FN3O5S. The van der Waals surface area contributed by atoms with Crippen molar-refractivity contribution in [2.24, 2.45) is 5.10 Å². The van der Waals surface area contributed by atoms with Gasteiger partial charge >= 0.3 is 0 Å². The van der Waals surface area contributed by atoms with Crippen LogP contribution in [0, 0.1) is 5.82 Å². The molecule has 0 radical (unpaired) electrons. The molecule has 0 aromatic heterocycles. The number of hydrogen-bond acceptors (Lipinski definition) is 6. The van der Waals surface area contributed by atoms with Gasteiger partial charge in [-0.3, -0.25) is 9.10 Å². The fourth-order valence-corrected chi connectivity index (χ4v) is 3.33. The van der Waals surface area contributed by atoms with E-state index >= 15 is 0 Å². The lowest BCUT2D eigenvalue weighted by Gasteiger charge is -2.21. The maximum Gasteiger partial charge on any atom is 0.260 e. The molecule has 156 valence electrons. The molecule has 2 rings (SSSR count). The molecule has 0 aliphatic carbocycles. The molecule has 10 heteroatoms. The van der Waals surface area contributed by atoms with Crippen molar-refractivity contribution in [3.63, 3.8) is 0 Å². The van der Waals surface area contributed by atoms with Crippen LogP contribution >= 0.6 is 0 Å². The normalized spacial score (nSPS) is 11.7. The fourth-order valence-electron chi connectivity index (χ4n) is 2.47. The van der Waals surface area contributed by atoms with E-state index in [1.54, 1.807) is 25.1 Å². The topological polar surface area (TPSA) is 97.3 Å². The van der Waals surface area contributed by atoms with Crippen molar-refractivity contribution in [2.75, 3.05) is 31.3 Å². The molecule has 2 aromatic rings. The van der Waals surface area contributed by atoms with Gasteiger partial charge in [-0.25, -0.2) is 18.2 Å². The third-order valence-corrected chi connectivity index (χ3v) is 5.08. The highest BCUT2D eigenvalue weighted by molar-refractivity contribution is 7.92. The lowest BCUT2D eigenvalue weighted by Crippen LogP contribution is -2.39. The number of rotatable bonds is 8. The third kappa shape index (κ3) is 5.67. The highest BCUT2D eigenvalue weighted by Crippen LogP contribution is 2.27. The molecule has 0 heterocycles. The van der Waals surface area contributed by atoms with Gasteiger partial charge in [-0.15, -0.1) is 0 Å². The molecule has 0 saturated carbocycles. The summed E-state index contributed by atoms with van der Waals surface area (Å²) in [5.74, 6) is -0.440. The third-order valence-electron chi connectivity index (χ3n) is 3.96. The number of benzene rings is 2. The molecule has 29 heavy (non-hydrogen) atoms. The van der Waals surface area contributed by atoms with Gasteiger partial charge in [-0.05, 0) is 37.3 Å². The molecule has 8 nitrogen and oxygen atoms in total. The molecule has 0 aliphatic heterocycles. The van der Waals surface area contributed by atoms with Gasteiger partial charge in [0.1, 0.15) is 12.4 Å². The summed E-state index contributed by atoms with van der Waals surface area (Å²) in [6.45, 7) is 1.04. The molecule has 0 fully saturated rings. The summed E-state index contributed by atoms with van der Waals surface area (Å²) < 4.78 is 49.1. The first kappa shape index (κ1) is 22.2. The Hall–Kier alpha value is -3.14. The van der Waals surface area contributed by atoms with Crippen LogP contribution in [0.5, 0.6) is 11.5 Å². The first-order chi connectivity index (χ1) is 13.7. The van der Waals surface area contributed by atoms with Crippen LogP contribution in [0.2, 0.25) is 0 Å². The van der Waals surface area contributed by atoms with E-state index in [0.717, 1.165) is 12.3 Å². The number of sulfonamides is 1. The van der Waals surface area contributed by atoms with Gasteiger partial charge in [-0.2, -0.15) is 5.10 Å². The summed E-state index contributed by atoms with van der Waals surface area (Å²) in [4.78, 5) is 12.3. The van der Waals surface area contributed by atoms with Crippen molar-refractivity contribution < 1.29 is 27.1 Å². The molecule has 0 unspecified atom stereocenters. The Balaban J connectivity index is 2.17. The molecular weight excluding hydrogens is 401 g/mol. The Kier molecular flexibility index (Phi) is 7.16. The summed E-state index contributed by atoms with van der Waals surface area (Å²) in [7, 11) is -0.875. The van der Waals surface area contributed by atoms with Crippen LogP contribution in [0.25, 0.3) is 0 Å².